The summed E-state index contributed by atoms with van der Waals surface area (Å²) in [6.07, 6.45) is 1.20. The summed E-state index contributed by atoms with van der Waals surface area (Å²) in [5, 5.41) is 5.00. The number of amides is 2. The third-order valence-electron chi connectivity index (χ3n) is 5.90. The van der Waals surface area contributed by atoms with Crippen LogP contribution in [0.3, 0.4) is 0 Å². The van der Waals surface area contributed by atoms with E-state index in [1.54, 1.807) is 30.3 Å². The van der Waals surface area contributed by atoms with Crippen LogP contribution in [-0.2, 0) is 18.0 Å². The summed E-state index contributed by atoms with van der Waals surface area (Å²) >= 11 is 0. The summed E-state index contributed by atoms with van der Waals surface area (Å²) in [4.78, 5) is 44.9. The van der Waals surface area contributed by atoms with Crippen molar-refractivity contribution < 1.29 is 32.3 Å². The second kappa shape index (κ2) is 12.1. The molecule has 12 heteroatoms. The molecule has 0 fully saturated rings. The second-order valence-electron chi connectivity index (χ2n) is 9.21. The van der Waals surface area contributed by atoms with Crippen molar-refractivity contribution in [2.24, 2.45) is 0 Å². The van der Waals surface area contributed by atoms with Crippen LogP contribution in [0.1, 0.15) is 51.9 Å². The largest absolute Gasteiger partial charge is 0.483 e. The molecule has 39 heavy (non-hydrogen) atoms. The number of pyridine rings is 1. The third-order valence-corrected chi connectivity index (χ3v) is 5.90. The van der Waals surface area contributed by atoms with Gasteiger partial charge in [-0.15, -0.1) is 0 Å². The van der Waals surface area contributed by atoms with Gasteiger partial charge in [0.05, 0.1) is 12.6 Å². The van der Waals surface area contributed by atoms with Gasteiger partial charge in [0, 0.05) is 43.0 Å². The number of fused-ring (bicyclic) bond motifs is 1. The Morgan fingerprint density at radius 3 is 2.49 bits per heavy atom. The molecular formula is C27H27F3N4O5. The lowest BCUT2D eigenvalue weighted by atomic mass is 10.1. The fourth-order valence-corrected chi connectivity index (χ4v) is 3.99. The van der Waals surface area contributed by atoms with Crippen molar-refractivity contribution in [2.45, 2.75) is 39.1 Å². The molecule has 2 heterocycles. The Labute approximate surface area is 221 Å². The number of ether oxygens (including phenoxy) is 1. The highest BCUT2D eigenvalue weighted by Gasteiger charge is 2.32. The van der Waals surface area contributed by atoms with Crippen LogP contribution in [0.2, 0.25) is 0 Å². The van der Waals surface area contributed by atoms with E-state index in [-0.39, 0.29) is 37.2 Å². The van der Waals surface area contributed by atoms with E-state index in [1.165, 1.54) is 10.8 Å². The van der Waals surface area contributed by atoms with Gasteiger partial charge in [0.2, 0.25) is 5.43 Å². The molecule has 9 nitrogen and oxygen atoms in total. The number of hydrogen-bond donors (Lipinski definition) is 3. The number of aromatic nitrogens is 1. The zero-order valence-corrected chi connectivity index (χ0v) is 21.2. The lowest BCUT2D eigenvalue weighted by Crippen LogP contribution is -2.45. The number of hydroxylamine groups is 1. The lowest BCUT2D eigenvalue weighted by molar-refractivity contribution is 0.00255. The Kier molecular flexibility index (Phi) is 8.67. The summed E-state index contributed by atoms with van der Waals surface area (Å²) in [7, 11) is 0. The van der Waals surface area contributed by atoms with Gasteiger partial charge in [-0.3, -0.25) is 19.2 Å². The molecule has 1 aromatic heterocycles. The average Bonchev–Trinajstić information content (AvgIpc) is 2.89. The van der Waals surface area contributed by atoms with E-state index in [4.69, 9.17) is 9.57 Å². The number of halogens is 3. The normalized spacial score (nSPS) is 14.6. The van der Waals surface area contributed by atoms with Crippen molar-refractivity contribution in [3.63, 3.8) is 0 Å². The molecule has 3 aromatic rings. The second-order valence-corrected chi connectivity index (χ2v) is 9.21. The van der Waals surface area contributed by atoms with Crippen LogP contribution in [0, 0.1) is 17.5 Å². The quantitative estimate of drug-likeness (QED) is 0.339. The molecule has 2 amide bonds. The van der Waals surface area contributed by atoms with Crippen molar-refractivity contribution in [2.75, 3.05) is 13.2 Å². The fraction of sp³-hybridized carbons (Fsp3) is 0.296. The summed E-state index contributed by atoms with van der Waals surface area (Å²) < 4.78 is 48.6. The van der Waals surface area contributed by atoms with Gasteiger partial charge in [-0.25, -0.2) is 13.2 Å². The molecule has 1 atom stereocenters. The molecule has 0 saturated heterocycles. The number of hydrogen-bond acceptors (Lipinski definition) is 6. The van der Waals surface area contributed by atoms with E-state index in [0.717, 1.165) is 0 Å². The Balaban J connectivity index is 1.70. The minimum atomic E-state index is -1.19. The average molecular weight is 545 g/mol. The number of benzene rings is 2. The van der Waals surface area contributed by atoms with Crippen LogP contribution >= 0.6 is 0 Å². The van der Waals surface area contributed by atoms with Gasteiger partial charge in [0.1, 0.15) is 29.6 Å². The van der Waals surface area contributed by atoms with Crippen LogP contribution < -0.4 is 26.3 Å². The van der Waals surface area contributed by atoms with Gasteiger partial charge in [-0.1, -0.05) is 30.3 Å². The van der Waals surface area contributed by atoms with Gasteiger partial charge in [0.15, 0.2) is 11.4 Å². The SMILES string of the molecule is CC(C)NOC[C@H]1CNC(=O)c2c(OCc3ccccc3)c(=O)c(C(=O)NCc3c(F)cc(F)cc3F)cn21. The molecule has 0 saturated carbocycles. The maximum Gasteiger partial charge on any atom is 0.272 e. The van der Waals surface area contributed by atoms with Crippen molar-refractivity contribution in [1.82, 2.24) is 20.7 Å². The van der Waals surface area contributed by atoms with E-state index < -0.39 is 58.4 Å². The maximum atomic E-state index is 14.1. The molecule has 1 aliphatic rings. The standard InChI is InChI=1S/C27H27F3N4O5/c1-15(2)33-39-14-18-10-31-27(37)23-25(38-13-16-6-4-3-5-7-16)24(35)20(12-34(18)23)26(36)32-11-19-21(29)8-17(28)9-22(19)30/h3-9,12,15,18,33H,10-11,13-14H2,1-2H3,(H,31,37)(H,32,36)/t18-/m1/s1. The minimum Gasteiger partial charge on any atom is -0.483 e. The van der Waals surface area contributed by atoms with Crippen LogP contribution in [0.15, 0.2) is 53.5 Å². The van der Waals surface area contributed by atoms with Crippen LogP contribution in [-0.4, -0.2) is 35.6 Å². The highest BCUT2D eigenvalue weighted by Crippen LogP contribution is 2.24. The molecule has 4 rings (SSSR count). The highest BCUT2D eigenvalue weighted by atomic mass is 19.1. The number of nitrogens with one attached hydrogen (secondary N) is 3. The number of rotatable bonds is 10. The first kappa shape index (κ1) is 27.9. The Morgan fingerprint density at radius 1 is 1.13 bits per heavy atom. The van der Waals surface area contributed by atoms with E-state index in [0.29, 0.717) is 17.7 Å². The van der Waals surface area contributed by atoms with Gasteiger partial charge in [-0.2, -0.15) is 5.48 Å². The van der Waals surface area contributed by atoms with Crippen LogP contribution in [0.25, 0.3) is 0 Å². The van der Waals surface area contributed by atoms with E-state index in [2.05, 4.69) is 16.1 Å². The third kappa shape index (κ3) is 6.47. The first-order valence-corrected chi connectivity index (χ1v) is 12.2. The smallest absolute Gasteiger partial charge is 0.272 e. The molecule has 1 aliphatic heterocycles. The maximum absolute atomic E-state index is 14.1. The van der Waals surface area contributed by atoms with Crippen molar-refractivity contribution >= 4 is 11.8 Å². The minimum absolute atomic E-state index is 0.00929. The van der Waals surface area contributed by atoms with Gasteiger partial charge < -0.3 is 19.9 Å². The topological polar surface area (TPSA) is 111 Å². The van der Waals surface area contributed by atoms with Gasteiger partial charge in [-0.05, 0) is 19.4 Å². The van der Waals surface area contributed by atoms with Gasteiger partial charge >= 0.3 is 0 Å². The fourth-order valence-electron chi connectivity index (χ4n) is 3.99. The predicted molar refractivity (Wildman–Crippen MR) is 135 cm³/mol. The molecule has 0 aliphatic carbocycles. The Bertz CT molecular complexity index is 1410. The van der Waals surface area contributed by atoms with Crippen molar-refractivity contribution in [3.8, 4) is 5.75 Å². The molecule has 206 valence electrons. The molecule has 2 aromatic carbocycles. The number of carbonyl (C=O) groups excluding carboxylic acids is 2. The number of carbonyl (C=O) groups is 2. The first-order valence-electron chi connectivity index (χ1n) is 12.2. The summed E-state index contributed by atoms with van der Waals surface area (Å²) in [6, 6.07) is 9.35. The van der Waals surface area contributed by atoms with Crippen molar-refractivity contribution in [3.05, 3.63) is 98.7 Å². The molecule has 0 bridgehead atoms. The van der Waals surface area contributed by atoms with Crippen LogP contribution in [0.4, 0.5) is 13.2 Å². The van der Waals surface area contributed by atoms with E-state index >= 15 is 0 Å². The molecule has 0 spiro atoms. The summed E-state index contributed by atoms with van der Waals surface area (Å²) in [5.41, 5.74) is 1.55. The monoisotopic (exact) mass is 544 g/mol. The zero-order chi connectivity index (χ0) is 28.1. The Hall–Kier alpha value is -4.16. The van der Waals surface area contributed by atoms with Gasteiger partial charge in [0.25, 0.3) is 11.8 Å². The van der Waals surface area contributed by atoms with Crippen LogP contribution in [0.5, 0.6) is 5.75 Å². The lowest BCUT2D eigenvalue weighted by Gasteiger charge is -2.30. The molecule has 0 unspecified atom stereocenters. The van der Waals surface area contributed by atoms with E-state index in [1.807, 2.05) is 13.8 Å². The molecule has 3 N–H and O–H groups in total. The molecule has 0 radical (unpaired) electrons. The first-order chi connectivity index (χ1) is 18.7. The number of nitrogens with zero attached hydrogens (tertiary/aromatic N) is 1. The highest BCUT2D eigenvalue weighted by molar-refractivity contribution is 5.99. The predicted octanol–water partition coefficient (Wildman–Crippen LogP) is 2.99. The summed E-state index contributed by atoms with van der Waals surface area (Å²) in [5.74, 6) is -5.38. The van der Waals surface area contributed by atoms with E-state index in [9.17, 15) is 27.6 Å². The molecular weight excluding hydrogens is 517 g/mol. The zero-order valence-electron chi connectivity index (χ0n) is 21.2. The summed E-state index contributed by atoms with van der Waals surface area (Å²) in [6.45, 7) is 3.24. The Morgan fingerprint density at radius 2 is 1.82 bits per heavy atom. The van der Waals surface area contributed by atoms with Crippen molar-refractivity contribution in [1.29, 1.82) is 0 Å².